The van der Waals surface area contributed by atoms with E-state index in [1.54, 1.807) is 18.2 Å². The molecule has 0 atom stereocenters. The summed E-state index contributed by atoms with van der Waals surface area (Å²) >= 11 is 0. The third-order valence-corrected chi connectivity index (χ3v) is 6.08. The Hall–Kier alpha value is -1.64. The number of nitrogens with zero attached hydrogens (tertiary/aromatic N) is 2. The molecule has 2 heterocycles. The first-order chi connectivity index (χ1) is 12.0. The Morgan fingerprint density at radius 3 is 2.69 bits per heavy atom. The van der Waals surface area contributed by atoms with E-state index in [9.17, 15) is 13.2 Å². The number of amides is 1. The highest BCUT2D eigenvalue weighted by Crippen LogP contribution is 2.22. The predicted molar refractivity (Wildman–Crippen MR) is 103 cm³/mol. The molecule has 2 N–H and O–H groups in total. The number of sulfonamides is 1. The first kappa shape index (κ1) is 20.7. The Morgan fingerprint density at radius 2 is 2.00 bits per heavy atom. The zero-order valence-corrected chi connectivity index (χ0v) is 16.4. The van der Waals surface area contributed by atoms with Crippen LogP contribution in [0.15, 0.2) is 34.2 Å². The van der Waals surface area contributed by atoms with Crippen LogP contribution in [0.1, 0.15) is 25.3 Å². The fraction of sp³-hybridized carbons (Fsp3) is 0.529. The van der Waals surface area contributed by atoms with Gasteiger partial charge in [0.1, 0.15) is 12.4 Å². The zero-order valence-electron chi connectivity index (χ0n) is 14.8. The Morgan fingerprint density at radius 1 is 1.31 bits per heavy atom. The van der Waals surface area contributed by atoms with Crippen molar-refractivity contribution in [2.45, 2.75) is 24.7 Å². The van der Waals surface area contributed by atoms with Crippen molar-refractivity contribution in [1.82, 2.24) is 14.9 Å². The van der Waals surface area contributed by atoms with Gasteiger partial charge in [0.25, 0.3) is 10.0 Å². The van der Waals surface area contributed by atoms with Gasteiger partial charge in [-0.05, 0) is 44.0 Å². The molecule has 3 rings (SSSR count). The molecule has 1 aromatic carbocycles. The molecule has 0 saturated carbocycles. The Balaban J connectivity index is 0.00000243. The van der Waals surface area contributed by atoms with Crippen LogP contribution in [-0.4, -0.2) is 57.8 Å². The maximum absolute atomic E-state index is 12.4. The molecule has 0 bridgehead atoms. The molecule has 1 fully saturated rings. The summed E-state index contributed by atoms with van der Waals surface area (Å²) in [5.41, 5.74) is 0.527. The SMILES string of the molecule is CCNCC1CCN(C(=O)CN=C2NS(=O)(=O)c3ccccc32)CC1.Cl. The van der Waals surface area contributed by atoms with E-state index < -0.39 is 10.0 Å². The number of aliphatic imine (C=N–C) groups is 1. The van der Waals surface area contributed by atoms with E-state index in [1.807, 2.05) is 4.90 Å². The summed E-state index contributed by atoms with van der Waals surface area (Å²) in [5, 5.41) is 3.35. The van der Waals surface area contributed by atoms with Crippen LogP contribution >= 0.6 is 12.4 Å². The summed E-state index contributed by atoms with van der Waals surface area (Å²) in [6.45, 7) is 5.49. The number of likely N-dealkylation sites (tertiary alicyclic amines) is 1. The topological polar surface area (TPSA) is 90.9 Å². The van der Waals surface area contributed by atoms with E-state index in [4.69, 9.17) is 0 Å². The molecule has 0 aliphatic carbocycles. The molecule has 7 nitrogen and oxygen atoms in total. The first-order valence-electron chi connectivity index (χ1n) is 8.66. The molecule has 1 amide bonds. The highest BCUT2D eigenvalue weighted by molar-refractivity contribution is 7.90. The fourth-order valence-corrected chi connectivity index (χ4v) is 4.48. The molecular formula is C17H25ClN4O3S. The number of nitrogens with one attached hydrogen (secondary N) is 2. The Kier molecular flexibility index (Phi) is 7.02. The van der Waals surface area contributed by atoms with Gasteiger partial charge >= 0.3 is 0 Å². The second-order valence-electron chi connectivity index (χ2n) is 6.40. The van der Waals surface area contributed by atoms with E-state index in [1.165, 1.54) is 6.07 Å². The number of rotatable bonds is 5. The summed E-state index contributed by atoms with van der Waals surface area (Å²) in [7, 11) is -3.56. The van der Waals surface area contributed by atoms with E-state index in [2.05, 4.69) is 22.0 Å². The minimum Gasteiger partial charge on any atom is -0.341 e. The lowest BCUT2D eigenvalue weighted by Gasteiger charge is -2.31. The third kappa shape index (κ3) is 4.55. The molecule has 0 unspecified atom stereocenters. The number of fused-ring (bicyclic) bond motifs is 1. The van der Waals surface area contributed by atoms with Crippen molar-refractivity contribution in [3.63, 3.8) is 0 Å². The number of benzene rings is 1. The largest absolute Gasteiger partial charge is 0.341 e. The molecule has 0 spiro atoms. The Labute approximate surface area is 160 Å². The van der Waals surface area contributed by atoms with Crippen molar-refractivity contribution in [3.8, 4) is 0 Å². The highest BCUT2D eigenvalue weighted by Gasteiger charge is 2.30. The number of hydrogen-bond acceptors (Lipinski definition) is 5. The lowest BCUT2D eigenvalue weighted by Crippen LogP contribution is -2.42. The highest BCUT2D eigenvalue weighted by atomic mass is 35.5. The molecular weight excluding hydrogens is 376 g/mol. The zero-order chi connectivity index (χ0) is 17.9. The van der Waals surface area contributed by atoms with Gasteiger partial charge in [0.2, 0.25) is 5.91 Å². The average Bonchev–Trinajstić information content (AvgIpc) is 2.89. The van der Waals surface area contributed by atoms with Crippen molar-refractivity contribution >= 4 is 34.2 Å². The summed E-state index contributed by atoms with van der Waals surface area (Å²) in [6, 6.07) is 6.66. The van der Waals surface area contributed by atoms with Gasteiger partial charge in [0.05, 0.1) is 4.90 Å². The van der Waals surface area contributed by atoms with Gasteiger partial charge in [-0.25, -0.2) is 8.42 Å². The van der Waals surface area contributed by atoms with Gasteiger partial charge in [-0.2, -0.15) is 0 Å². The van der Waals surface area contributed by atoms with Crippen LogP contribution in [0.3, 0.4) is 0 Å². The lowest BCUT2D eigenvalue weighted by atomic mass is 9.97. The van der Waals surface area contributed by atoms with Crippen molar-refractivity contribution in [1.29, 1.82) is 0 Å². The second-order valence-corrected chi connectivity index (χ2v) is 8.05. The standard InChI is InChI=1S/C17H24N4O3S.ClH/c1-2-18-11-13-7-9-21(10-8-13)16(22)12-19-17-14-5-3-4-6-15(14)25(23,24)20-17;/h3-6,13,18H,2,7-12H2,1H3,(H,19,20);1H. The maximum Gasteiger partial charge on any atom is 0.263 e. The van der Waals surface area contributed by atoms with Crippen LogP contribution in [-0.2, 0) is 14.8 Å². The third-order valence-electron chi connectivity index (χ3n) is 4.69. The molecule has 144 valence electrons. The quantitative estimate of drug-likeness (QED) is 0.771. The summed E-state index contributed by atoms with van der Waals surface area (Å²) in [4.78, 5) is 18.6. The molecule has 0 aromatic heterocycles. The molecule has 1 aromatic rings. The van der Waals surface area contributed by atoms with Gasteiger partial charge in [0.15, 0.2) is 0 Å². The maximum atomic E-state index is 12.4. The van der Waals surface area contributed by atoms with Crippen LogP contribution in [0, 0.1) is 5.92 Å². The van der Waals surface area contributed by atoms with Crippen molar-refractivity contribution in [2.75, 3.05) is 32.7 Å². The minimum atomic E-state index is -3.56. The number of carbonyl (C=O) groups is 1. The summed E-state index contributed by atoms with van der Waals surface area (Å²) in [5.74, 6) is 0.813. The number of piperidine rings is 1. The van der Waals surface area contributed by atoms with Crippen molar-refractivity contribution < 1.29 is 13.2 Å². The average molecular weight is 401 g/mol. The predicted octanol–water partition coefficient (Wildman–Crippen LogP) is 0.995. The molecule has 0 radical (unpaired) electrons. The van der Waals surface area contributed by atoms with Crippen LogP contribution in [0.5, 0.6) is 0 Å². The van der Waals surface area contributed by atoms with Crippen molar-refractivity contribution in [3.05, 3.63) is 29.8 Å². The van der Waals surface area contributed by atoms with Crippen molar-refractivity contribution in [2.24, 2.45) is 10.9 Å². The summed E-state index contributed by atoms with van der Waals surface area (Å²) in [6.07, 6.45) is 1.98. The lowest BCUT2D eigenvalue weighted by molar-refractivity contribution is -0.130. The van der Waals surface area contributed by atoms with E-state index in [-0.39, 0.29) is 35.6 Å². The molecule has 9 heteroatoms. The second kappa shape index (κ2) is 8.83. The van der Waals surface area contributed by atoms with Crippen LogP contribution < -0.4 is 10.0 Å². The molecule has 2 aliphatic heterocycles. The van der Waals surface area contributed by atoms with Gasteiger partial charge < -0.3 is 10.2 Å². The van der Waals surface area contributed by atoms with Gasteiger partial charge in [-0.1, -0.05) is 19.1 Å². The number of halogens is 1. The van der Waals surface area contributed by atoms with Gasteiger partial charge in [-0.15, -0.1) is 12.4 Å². The first-order valence-corrected chi connectivity index (χ1v) is 10.1. The number of hydrogen-bond donors (Lipinski definition) is 2. The number of amidine groups is 1. The molecule has 2 aliphatic rings. The fourth-order valence-electron chi connectivity index (χ4n) is 3.23. The van der Waals surface area contributed by atoms with E-state index in [0.717, 1.165) is 39.0 Å². The Bertz CT molecular complexity index is 774. The molecule has 26 heavy (non-hydrogen) atoms. The van der Waals surface area contributed by atoms with Crippen LogP contribution in [0.4, 0.5) is 0 Å². The smallest absolute Gasteiger partial charge is 0.263 e. The monoisotopic (exact) mass is 400 g/mol. The molecule has 1 saturated heterocycles. The van der Waals surface area contributed by atoms with E-state index >= 15 is 0 Å². The van der Waals surface area contributed by atoms with Gasteiger partial charge in [0, 0.05) is 18.7 Å². The number of carbonyl (C=O) groups excluding carboxylic acids is 1. The van der Waals surface area contributed by atoms with Crippen LogP contribution in [0.25, 0.3) is 0 Å². The van der Waals surface area contributed by atoms with Gasteiger partial charge in [-0.3, -0.25) is 14.5 Å². The summed E-state index contributed by atoms with van der Waals surface area (Å²) < 4.78 is 26.5. The van der Waals surface area contributed by atoms with Crippen LogP contribution in [0.2, 0.25) is 0 Å². The normalized spacial score (nSPS) is 20.3. The minimum absolute atomic E-state index is 0. The van der Waals surface area contributed by atoms with E-state index in [0.29, 0.717) is 11.5 Å².